The monoisotopic (exact) mass is 701 g/mol. The fourth-order valence-corrected chi connectivity index (χ4v) is 6.27. The topological polar surface area (TPSA) is 107 Å². The van der Waals surface area contributed by atoms with Crippen LogP contribution in [0.4, 0.5) is 0 Å². The van der Waals surface area contributed by atoms with Crippen molar-refractivity contribution in [3.05, 3.63) is 116 Å². The van der Waals surface area contributed by atoms with Crippen molar-refractivity contribution in [3.8, 4) is 11.1 Å². The minimum absolute atomic E-state index is 0.258. The molecule has 8 nitrogen and oxygen atoms in total. The van der Waals surface area contributed by atoms with Gasteiger partial charge in [-0.2, -0.15) is 0 Å². The SMILES string of the molecule is O=C(O[C@H](c1ccc(Cl)cc1)[C@H]1O[C@@H](n2cc(I)c3c(Cl)ncnc32)[C@H](O)[C@@H]1O)c1ccc(-c2ccccc2)cc1. The van der Waals surface area contributed by atoms with Crippen molar-refractivity contribution < 1.29 is 24.5 Å². The highest BCUT2D eigenvalue weighted by molar-refractivity contribution is 14.1. The van der Waals surface area contributed by atoms with E-state index >= 15 is 0 Å². The van der Waals surface area contributed by atoms with Crippen molar-refractivity contribution in [1.82, 2.24) is 14.5 Å². The van der Waals surface area contributed by atoms with Gasteiger partial charge in [0, 0.05) is 14.8 Å². The molecule has 2 N–H and O–H groups in total. The molecular formula is C30H22Cl2IN3O5. The number of ether oxygens (including phenoxy) is 2. The molecule has 5 atom stereocenters. The molecule has 3 heterocycles. The summed E-state index contributed by atoms with van der Waals surface area (Å²) in [4.78, 5) is 21.7. The van der Waals surface area contributed by atoms with Crippen LogP contribution in [0.25, 0.3) is 22.2 Å². The molecule has 208 valence electrons. The smallest absolute Gasteiger partial charge is 0.338 e. The lowest BCUT2D eigenvalue weighted by atomic mass is 9.98. The van der Waals surface area contributed by atoms with Gasteiger partial charge in [-0.3, -0.25) is 0 Å². The first kappa shape index (κ1) is 28.1. The number of hydrogen-bond donors (Lipinski definition) is 2. The third-order valence-electron chi connectivity index (χ3n) is 7.02. The lowest BCUT2D eigenvalue weighted by molar-refractivity contribution is -0.0916. The Morgan fingerprint density at radius 3 is 2.32 bits per heavy atom. The maximum absolute atomic E-state index is 13.4. The number of carbonyl (C=O) groups is 1. The molecule has 41 heavy (non-hydrogen) atoms. The zero-order chi connectivity index (χ0) is 28.7. The molecule has 0 saturated carbocycles. The van der Waals surface area contributed by atoms with Gasteiger partial charge in [-0.1, -0.05) is 77.8 Å². The van der Waals surface area contributed by atoms with Crippen LogP contribution in [-0.4, -0.2) is 49.0 Å². The fraction of sp³-hybridized carbons (Fsp3) is 0.167. The number of hydrogen-bond acceptors (Lipinski definition) is 7. The molecule has 0 bridgehead atoms. The van der Waals surface area contributed by atoms with E-state index in [4.69, 9.17) is 32.7 Å². The largest absolute Gasteiger partial charge is 0.451 e. The predicted octanol–water partition coefficient (Wildman–Crippen LogP) is 6.23. The molecule has 6 rings (SSSR count). The highest BCUT2D eigenvalue weighted by Crippen LogP contribution is 2.41. The van der Waals surface area contributed by atoms with E-state index in [1.807, 2.05) is 42.5 Å². The molecule has 5 aromatic rings. The van der Waals surface area contributed by atoms with Gasteiger partial charge in [-0.25, -0.2) is 14.8 Å². The van der Waals surface area contributed by atoms with Gasteiger partial charge in [0.2, 0.25) is 0 Å². The van der Waals surface area contributed by atoms with Crippen LogP contribution < -0.4 is 0 Å². The fourth-order valence-electron chi connectivity index (χ4n) is 4.95. The first-order valence-electron chi connectivity index (χ1n) is 12.6. The number of nitrogens with zero attached hydrogens (tertiary/aromatic N) is 3. The molecule has 1 aliphatic rings. The van der Waals surface area contributed by atoms with Gasteiger partial charge in [0.25, 0.3) is 0 Å². The normalized spacial score (nSPS) is 21.2. The quantitative estimate of drug-likeness (QED) is 0.123. The number of aromatic nitrogens is 3. The van der Waals surface area contributed by atoms with E-state index in [1.165, 1.54) is 6.33 Å². The summed E-state index contributed by atoms with van der Waals surface area (Å²) in [5.41, 5.74) is 3.27. The molecule has 1 fully saturated rings. The second-order valence-corrected chi connectivity index (χ2v) is 11.5. The van der Waals surface area contributed by atoms with Crippen molar-refractivity contribution in [1.29, 1.82) is 0 Å². The Hall–Kier alpha value is -3.06. The van der Waals surface area contributed by atoms with Crippen LogP contribution in [0.5, 0.6) is 0 Å². The first-order valence-corrected chi connectivity index (χ1v) is 14.5. The molecule has 1 aliphatic heterocycles. The van der Waals surface area contributed by atoms with Gasteiger partial charge in [0.1, 0.15) is 35.4 Å². The second-order valence-electron chi connectivity index (χ2n) is 9.54. The number of fused-ring (bicyclic) bond motifs is 1. The third kappa shape index (κ3) is 5.45. The zero-order valence-electron chi connectivity index (χ0n) is 21.1. The Morgan fingerprint density at radius 2 is 1.61 bits per heavy atom. The van der Waals surface area contributed by atoms with Crippen molar-refractivity contribution in [2.24, 2.45) is 0 Å². The number of aliphatic hydroxyl groups excluding tert-OH is 2. The summed E-state index contributed by atoms with van der Waals surface area (Å²) in [6.07, 6.45) is -2.95. The first-order chi connectivity index (χ1) is 19.8. The molecule has 0 aliphatic carbocycles. The molecule has 0 radical (unpaired) electrons. The van der Waals surface area contributed by atoms with Gasteiger partial charge in [0.05, 0.1) is 10.9 Å². The average Bonchev–Trinajstić information content (AvgIpc) is 3.48. The second kappa shape index (κ2) is 11.7. The number of carbonyl (C=O) groups excluding carboxylic acids is 1. The van der Waals surface area contributed by atoms with Gasteiger partial charge in [-0.15, -0.1) is 0 Å². The van der Waals surface area contributed by atoms with Crippen LogP contribution in [0.1, 0.15) is 28.3 Å². The summed E-state index contributed by atoms with van der Waals surface area (Å²) < 4.78 is 14.6. The van der Waals surface area contributed by atoms with Crippen LogP contribution in [0, 0.1) is 3.57 Å². The summed E-state index contributed by atoms with van der Waals surface area (Å²) in [6, 6.07) is 23.5. The third-order valence-corrected chi connectivity index (χ3v) is 8.38. The van der Waals surface area contributed by atoms with Crippen LogP contribution in [0.15, 0.2) is 91.4 Å². The molecular weight excluding hydrogens is 680 g/mol. The standard InChI is InChI=1S/C30H22Cl2IN3O5/c31-20-12-10-18(11-13-20)25(41-30(39)19-8-6-17(7-9-19)16-4-2-1-3-5-16)26-23(37)24(38)29(40-26)36-14-21(33)22-27(32)34-15-35-28(22)36/h1-15,23-26,29,37-38H/t23-,24+,25+,26-,29+/m0/s1. The van der Waals surface area contributed by atoms with E-state index in [-0.39, 0.29) is 5.15 Å². The molecule has 0 amide bonds. The lowest BCUT2D eigenvalue weighted by Gasteiger charge is -2.26. The number of benzene rings is 3. The van der Waals surface area contributed by atoms with E-state index in [0.717, 1.165) is 14.7 Å². The maximum Gasteiger partial charge on any atom is 0.338 e. The minimum Gasteiger partial charge on any atom is -0.451 e. The summed E-state index contributed by atoms with van der Waals surface area (Å²) in [6.45, 7) is 0. The summed E-state index contributed by atoms with van der Waals surface area (Å²) in [5.74, 6) is -0.612. The van der Waals surface area contributed by atoms with Crippen LogP contribution in [0.3, 0.4) is 0 Å². The minimum atomic E-state index is -1.40. The summed E-state index contributed by atoms with van der Waals surface area (Å²) >= 11 is 14.5. The van der Waals surface area contributed by atoms with Gasteiger partial charge in [-0.05, 0) is 63.5 Å². The Morgan fingerprint density at radius 1 is 0.927 bits per heavy atom. The molecule has 0 unspecified atom stereocenters. The van der Waals surface area contributed by atoms with E-state index < -0.39 is 36.6 Å². The number of halogens is 3. The number of esters is 1. The van der Waals surface area contributed by atoms with Crippen molar-refractivity contribution in [3.63, 3.8) is 0 Å². The Bertz CT molecular complexity index is 1700. The summed E-state index contributed by atoms with van der Waals surface area (Å²) in [7, 11) is 0. The van der Waals surface area contributed by atoms with Gasteiger partial charge >= 0.3 is 5.97 Å². The molecule has 2 aromatic heterocycles. The van der Waals surface area contributed by atoms with Crippen molar-refractivity contribution >= 4 is 62.8 Å². The lowest BCUT2D eigenvalue weighted by Crippen LogP contribution is -2.36. The Balaban J connectivity index is 1.31. The van der Waals surface area contributed by atoms with E-state index in [2.05, 4.69) is 32.6 Å². The van der Waals surface area contributed by atoms with E-state index in [1.54, 1.807) is 47.2 Å². The van der Waals surface area contributed by atoms with Crippen LogP contribution >= 0.6 is 45.8 Å². The van der Waals surface area contributed by atoms with Crippen molar-refractivity contribution in [2.75, 3.05) is 0 Å². The highest BCUT2D eigenvalue weighted by Gasteiger charge is 2.49. The zero-order valence-corrected chi connectivity index (χ0v) is 24.8. The van der Waals surface area contributed by atoms with Gasteiger partial charge in [0.15, 0.2) is 12.3 Å². The maximum atomic E-state index is 13.4. The number of aliphatic hydroxyl groups is 2. The van der Waals surface area contributed by atoms with E-state index in [0.29, 0.717) is 27.2 Å². The molecule has 11 heteroatoms. The van der Waals surface area contributed by atoms with E-state index in [9.17, 15) is 15.0 Å². The molecule has 3 aromatic carbocycles. The Kier molecular flexibility index (Phi) is 7.99. The highest BCUT2D eigenvalue weighted by atomic mass is 127. The summed E-state index contributed by atoms with van der Waals surface area (Å²) in [5, 5.41) is 23.7. The molecule has 1 saturated heterocycles. The van der Waals surface area contributed by atoms with Gasteiger partial charge < -0.3 is 24.3 Å². The predicted molar refractivity (Wildman–Crippen MR) is 163 cm³/mol. The van der Waals surface area contributed by atoms with Crippen LogP contribution in [-0.2, 0) is 9.47 Å². The average molecular weight is 702 g/mol. The van der Waals surface area contributed by atoms with Crippen LogP contribution in [0.2, 0.25) is 10.2 Å². The Labute approximate surface area is 258 Å². The molecule has 0 spiro atoms. The number of rotatable bonds is 6. The van der Waals surface area contributed by atoms with Crippen molar-refractivity contribution in [2.45, 2.75) is 30.6 Å².